The van der Waals surface area contributed by atoms with Crippen molar-refractivity contribution in [2.24, 2.45) is 0 Å². The molecule has 1 aliphatic carbocycles. The summed E-state index contributed by atoms with van der Waals surface area (Å²) in [4.78, 5) is 23.8. The van der Waals surface area contributed by atoms with Crippen LogP contribution in [0.25, 0.3) is 5.53 Å². The van der Waals surface area contributed by atoms with Gasteiger partial charge in [0.25, 0.3) is 0 Å². The van der Waals surface area contributed by atoms with Crippen LogP contribution in [0.15, 0.2) is 59.5 Å². The third kappa shape index (κ3) is 2.26. The standard InChI is InChI=1S/C17H10N2O5S/c18-19-13-8-4-3-7-12(13)17(19)24-25(22,23)15-9-14(20)10-5-1-2-6-11(10)16(15)21/h1-9,17H. The van der Waals surface area contributed by atoms with Crippen LogP contribution in [0.2, 0.25) is 0 Å². The molecule has 0 bridgehead atoms. The Labute approximate surface area is 142 Å². The number of fused-ring (bicyclic) bond motifs is 2. The van der Waals surface area contributed by atoms with Gasteiger partial charge in [-0.1, -0.05) is 36.4 Å². The highest BCUT2D eigenvalue weighted by Crippen LogP contribution is 2.43. The van der Waals surface area contributed by atoms with Crippen molar-refractivity contribution in [1.29, 1.82) is 0 Å². The fourth-order valence-electron chi connectivity index (χ4n) is 2.84. The van der Waals surface area contributed by atoms with E-state index < -0.39 is 32.8 Å². The van der Waals surface area contributed by atoms with Gasteiger partial charge in [0.1, 0.15) is 10.5 Å². The van der Waals surface area contributed by atoms with E-state index >= 15 is 0 Å². The lowest BCUT2D eigenvalue weighted by Crippen LogP contribution is -2.31. The normalized spacial score (nSPS) is 19.0. The van der Waals surface area contributed by atoms with E-state index in [1.54, 1.807) is 30.3 Å². The number of nitrogens with zero attached hydrogens (tertiary/aromatic N) is 2. The summed E-state index contributed by atoms with van der Waals surface area (Å²) < 4.78 is 30.7. The number of carbonyl (C=O) groups excluding carboxylic acids is 2. The van der Waals surface area contributed by atoms with Crippen LogP contribution in [0.1, 0.15) is 32.5 Å². The molecule has 4 rings (SSSR count). The summed E-state index contributed by atoms with van der Waals surface area (Å²) in [7, 11) is -4.55. The first kappa shape index (κ1) is 15.6. The number of para-hydroxylation sites is 1. The van der Waals surface area contributed by atoms with Crippen molar-refractivity contribution >= 4 is 27.4 Å². The summed E-state index contributed by atoms with van der Waals surface area (Å²) in [5.41, 5.74) is 10.9. The smallest absolute Gasteiger partial charge is 0.306 e. The van der Waals surface area contributed by atoms with Crippen LogP contribution in [-0.4, -0.2) is 24.7 Å². The van der Waals surface area contributed by atoms with Crippen LogP contribution in [0, 0.1) is 0 Å². The van der Waals surface area contributed by atoms with E-state index in [9.17, 15) is 23.5 Å². The van der Waals surface area contributed by atoms with Gasteiger partial charge in [0.2, 0.25) is 11.5 Å². The molecule has 0 saturated heterocycles. The van der Waals surface area contributed by atoms with Gasteiger partial charge in [-0.3, -0.25) is 14.3 Å². The molecule has 2 aromatic carbocycles. The lowest BCUT2D eigenvalue weighted by Gasteiger charge is -2.28. The Morgan fingerprint density at radius 1 is 0.960 bits per heavy atom. The number of allylic oxidation sites excluding steroid dienone is 2. The number of rotatable bonds is 3. The van der Waals surface area contributed by atoms with Gasteiger partial charge >= 0.3 is 16.3 Å². The maximum absolute atomic E-state index is 12.5. The Balaban J connectivity index is 1.70. The van der Waals surface area contributed by atoms with Gasteiger partial charge in [-0.15, -0.1) is 0 Å². The number of ketones is 2. The molecule has 0 amide bonds. The average Bonchev–Trinajstić information content (AvgIpc) is 2.62. The second-order valence-corrected chi connectivity index (χ2v) is 7.09. The molecule has 0 saturated carbocycles. The Morgan fingerprint density at radius 3 is 2.36 bits per heavy atom. The summed E-state index contributed by atoms with van der Waals surface area (Å²) in [5, 5.41) is 0. The molecule has 0 aromatic heterocycles. The molecule has 124 valence electrons. The van der Waals surface area contributed by atoms with Gasteiger partial charge < -0.3 is 5.53 Å². The Bertz CT molecular complexity index is 1100. The highest BCUT2D eigenvalue weighted by molar-refractivity contribution is 7.91. The lowest BCUT2D eigenvalue weighted by molar-refractivity contribution is -0.586. The number of carbonyl (C=O) groups is 2. The van der Waals surface area contributed by atoms with E-state index in [1.165, 1.54) is 18.2 Å². The van der Waals surface area contributed by atoms with E-state index in [0.717, 1.165) is 6.08 Å². The summed E-state index contributed by atoms with van der Waals surface area (Å²) >= 11 is 0. The molecule has 25 heavy (non-hydrogen) atoms. The first-order chi connectivity index (χ1) is 11.9. The van der Waals surface area contributed by atoms with Crippen molar-refractivity contribution in [3.8, 4) is 0 Å². The number of hydrogen-bond donors (Lipinski definition) is 0. The number of benzene rings is 2. The second kappa shape index (κ2) is 5.27. The van der Waals surface area contributed by atoms with Crippen LogP contribution in [0.4, 0.5) is 5.69 Å². The van der Waals surface area contributed by atoms with Crippen molar-refractivity contribution in [3.05, 3.63) is 81.7 Å². The van der Waals surface area contributed by atoms with E-state index in [0.29, 0.717) is 15.9 Å². The molecule has 0 spiro atoms. The largest absolute Gasteiger partial charge is 0.497 e. The molecule has 2 aromatic rings. The monoisotopic (exact) mass is 354 g/mol. The topological polar surface area (TPSA) is 103 Å². The molecule has 1 aliphatic heterocycles. The SMILES string of the molecule is [N-]=[N+]1c2ccccc2C1OS(=O)(=O)C1=CC(=O)c2ccccc2C1=O. The van der Waals surface area contributed by atoms with Crippen molar-refractivity contribution in [2.75, 3.05) is 0 Å². The Hall–Kier alpha value is -2.97. The molecule has 8 heteroatoms. The summed E-state index contributed by atoms with van der Waals surface area (Å²) in [6, 6.07) is 12.5. The second-order valence-electron chi connectivity index (χ2n) is 5.55. The van der Waals surface area contributed by atoms with Crippen molar-refractivity contribution in [1.82, 2.24) is 0 Å². The summed E-state index contributed by atoms with van der Waals surface area (Å²) in [6.45, 7) is 0. The molecule has 1 unspecified atom stereocenters. The van der Waals surface area contributed by atoms with Gasteiger partial charge in [-0.05, 0) is 6.07 Å². The van der Waals surface area contributed by atoms with E-state index in [4.69, 9.17) is 4.18 Å². The number of Topliss-reactive ketones (excluding diaryl/α,β-unsaturated/α-hetero) is 1. The zero-order valence-electron chi connectivity index (χ0n) is 12.6. The van der Waals surface area contributed by atoms with E-state index in [-0.39, 0.29) is 11.1 Å². The summed E-state index contributed by atoms with van der Waals surface area (Å²) in [6.07, 6.45) is -0.506. The van der Waals surface area contributed by atoms with Crippen molar-refractivity contribution in [2.45, 2.75) is 6.23 Å². The van der Waals surface area contributed by atoms with Crippen LogP contribution in [0.5, 0.6) is 0 Å². The predicted octanol–water partition coefficient (Wildman–Crippen LogP) is 2.67. The lowest BCUT2D eigenvalue weighted by atomic mass is 9.95. The van der Waals surface area contributed by atoms with Crippen LogP contribution in [-0.2, 0) is 14.3 Å². The predicted molar refractivity (Wildman–Crippen MR) is 85.7 cm³/mol. The van der Waals surface area contributed by atoms with E-state index in [2.05, 4.69) is 0 Å². The fourth-order valence-corrected chi connectivity index (χ4v) is 3.96. The minimum Gasteiger partial charge on any atom is -0.497 e. The minimum absolute atomic E-state index is 0.00652. The molecule has 1 atom stereocenters. The van der Waals surface area contributed by atoms with Gasteiger partial charge in [0.05, 0.1) is 0 Å². The molecular formula is C17H10N2O5S. The third-order valence-corrected chi connectivity index (χ3v) is 5.36. The zero-order chi connectivity index (χ0) is 17.8. The van der Waals surface area contributed by atoms with Crippen LogP contribution >= 0.6 is 0 Å². The Kier molecular flexibility index (Phi) is 3.28. The molecule has 0 N–H and O–H groups in total. The van der Waals surface area contributed by atoms with E-state index in [1.807, 2.05) is 0 Å². The van der Waals surface area contributed by atoms with Gasteiger partial charge in [-0.2, -0.15) is 12.6 Å². The molecule has 7 nitrogen and oxygen atoms in total. The molecule has 2 aliphatic rings. The van der Waals surface area contributed by atoms with Gasteiger partial charge in [-0.25, -0.2) is 0 Å². The first-order valence-electron chi connectivity index (χ1n) is 7.30. The highest BCUT2D eigenvalue weighted by atomic mass is 32.2. The van der Waals surface area contributed by atoms with Crippen LogP contribution in [0.3, 0.4) is 0 Å². The third-order valence-electron chi connectivity index (χ3n) is 4.08. The van der Waals surface area contributed by atoms with Crippen molar-refractivity contribution in [3.63, 3.8) is 0 Å². The zero-order valence-corrected chi connectivity index (χ0v) is 13.4. The highest BCUT2D eigenvalue weighted by Gasteiger charge is 2.44. The Morgan fingerprint density at radius 2 is 1.60 bits per heavy atom. The van der Waals surface area contributed by atoms with Crippen LogP contribution < -0.4 is 0 Å². The quantitative estimate of drug-likeness (QED) is 0.623. The number of hydrogen-bond acceptors (Lipinski definition) is 5. The molecule has 0 radical (unpaired) electrons. The molecular weight excluding hydrogens is 344 g/mol. The maximum atomic E-state index is 12.5. The van der Waals surface area contributed by atoms with Gasteiger partial charge in [0, 0.05) is 23.3 Å². The molecule has 0 fully saturated rings. The fraction of sp³-hybridized carbons (Fsp3) is 0.0588. The first-order valence-corrected chi connectivity index (χ1v) is 8.71. The maximum Gasteiger partial charge on any atom is 0.306 e. The van der Waals surface area contributed by atoms with Gasteiger partial charge in [0.15, 0.2) is 5.78 Å². The van der Waals surface area contributed by atoms with Crippen molar-refractivity contribution < 1.29 is 26.9 Å². The molecule has 1 heterocycles. The average molecular weight is 354 g/mol. The summed E-state index contributed by atoms with van der Waals surface area (Å²) in [5.74, 6) is -1.40. The minimum atomic E-state index is -4.55.